The molecule has 0 bridgehead atoms. The molecule has 4 rings (SSSR count). The van der Waals surface area contributed by atoms with Gasteiger partial charge in [0.2, 0.25) is 0 Å². The molecule has 0 aliphatic rings. The SMILES string of the molecule is CCOc1ccc(-c2nnc(Nc3cccc(C(F)(F)F)c3)c3ccccc23)cc1. The maximum absolute atomic E-state index is 13.0. The lowest BCUT2D eigenvalue weighted by molar-refractivity contribution is -0.137. The van der Waals surface area contributed by atoms with Crippen molar-refractivity contribution in [2.24, 2.45) is 0 Å². The van der Waals surface area contributed by atoms with Gasteiger partial charge in [-0.1, -0.05) is 30.3 Å². The summed E-state index contributed by atoms with van der Waals surface area (Å²) in [6.07, 6.45) is -4.41. The highest BCUT2D eigenvalue weighted by molar-refractivity contribution is 6.00. The van der Waals surface area contributed by atoms with E-state index in [-0.39, 0.29) is 5.69 Å². The van der Waals surface area contributed by atoms with Gasteiger partial charge in [0, 0.05) is 22.0 Å². The fourth-order valence-electron chi connectivity index (χ4n) is 3.20. The van der Waals surface area contributed by atoms with E-state index in [1.807, 2.05) is 55.5 Å². The van der Waals surface area contributed by atoms with E-state index in [2.05, 4.69) is 15.5 Å². The lowest BCUT2D eigenvalue weighted by Gasteiger charge is -2.13. The lowest BCUT2D eigenvalue weighted by atomic mass is 10.0. The van der Waals surface area contributed by atoms with Gasteiger partial charge in [0.15, 0.2) is 5.82 Å². The van der Waals surface area contributed by atoms with Gasteiger partial charge < -0.3 is 10.1 Å². The van der Waals surface area contributed by atoms with Crippen LogP contribution in [0.25, 0.3) is 22.0 Å². The maximum atomic E-state index is 13.0. The Hall–Kier alpha value is -3.61. The smallest absolute Gasteiger partial charge is 0.416 e. The van der Waals surface area contributed by atoms with E-state index in [0.29, 0.717) is 18.1 Å². The number of alkyl halides is 3. The first-order valence-electron chi connectivity index (χ1n) is 9.38. The molecule has 30 heavy (non-hydrogen) atoms. The van der Waals surface area contributed by atoms with Gasteiger partial charge in [-0.25, -0.2) is 0 Å². The minimum absolute atomic E-state index is 0.290. The van der Waals surface area contributed by atoms with E-state index in [4.69, 9.17) is 4.74 Å². The Morgan fingerprint density at radius 1 is 0.867 bits per heavy atom. The molecule has 3 aromatic carbocycles. The molecule has 1 heterocycles. The second-order valence-corrected chi connectivity index (χ2v) is 6.60. The van der Waals surface area contributed by atoms with E-state index in [9.17, 15) is 13.2 Å². The molecule has 1 N–H and O–H groups in total. The fraction of sp³-hybridized carbons (Fsp3) is 0.130. The molecule has 0 spiro atoms. The molecule has 152 valence electrons. The minimum Gasteiger partial charge on any atom is -0.494 e. The molecular formula is C23H18F3N3O. The third kappa shape index (κ3) is 4.05. The summed E-state index contributed by atoms with van der Waals surface area (Å²) in [4.78, 5) is 0. The van der Waals surface area contributed by atoms with Gasteiger partial charge in [-0.15, -0.1) is 10.2 Å². The van der Waals surface area contributed by atoms with Crippen molar-refractivity contribution in [3.63, 3.8) is 0 Å². The molecule has 0 aliphatic carbocycles. The monoisotopic (exact) mass is 409 g/mol. The van der Waals surface area contributed by atoms with E-state index in [1.54, 1.807) is 6.07 Å². The second-order valence-electron chi connectivity index (χ2n) is 6.60. The summed E-state index contributed by atoms with van der Waals surface area (Å²) in [6, 6.07) is 20.0. The largest absolute Gasteiger partial charge is 0.494 e. The summed E-state index contributed by atoms with van der Waals surface area (Å²) in [5.41, 5.74) is 1.12. The summed E-state index contributed by atoms with van der Waals surface area (Å²) in [7, 11) is 0. The first-order chi connectivity index (χ1) is 14.5. The number of aromatic nitrogens is 2. The third-order valence-corrected chi connectivity index (χ3v) is 4.58. The number of hydrogen-bond donors (Lipinski definition) is 1. The molecule has 7 heteroatoms. The van der Waals surface area contributed by atoms with Crippen LogP contribution in [0.4, 0.5) is 24.7 Å². The summed E-state index contributed by atoms with van der Waals surface area (Å²) in [5, 5.41) is 13.2. The molecule has 1 aromatic heterocycles. The molecule has 0 amide bonds. The Balaban J connectivity index is 1.73. The zero-order valence-electron chi connectivity index (χ0n) is 16.1. The number of fused-ring (bicyclic) bond motifs is 1. The van der Waals surface area contributed by atoms with Crippen molar-refractivity contribution in [2.75, 3.05) is 11.9 Å². The molecule has 4 nitrogen and oxygen atoms in total. The molecular weight excluding hydrogens is 391 g/mol. The zero-order valence-corrected chi connectivity index (χ0v) is 16.1. The number of hydrogen-bond acceptors (Lipinski definition) is 4. The van der Waals surface area contributed by atoms with Gasteiger partial charge in [0.05, 0.1) is 12.2 Å². The van der Waals surface area contributed by atoms with E-state index >= 15 is 0 Å². The number of anilines is 2. The number of halogens is 3. The quantitative estimate of drug-likeness (QED) is 0.411. The van der Waals surface area contributed by atoms with Crippen LogP contribution in [0.5, 0.6) is 5.75 Å². The van der Waals surface area contributed by atoms with E-state index in [0.717, 1.165) is 34.2 Å². The lowest BCUT2D eigenvalue weighted by Crippen LogP contribution is -2.05. The van der Waals surface area contributed by atoms with Crippen LogP contribution in [0.1, 0.15) is 12.5 Å². The van der Waals surface area contributed by atoms with Gasteiger partial charge >= 0.3 is 6.18 Å². The summed E-state index contributed by atoms with van der Waals surface area (Å²) < 4.78 is 44.5. The van der Waals surface area contributed by atoms with E-state index < -0.39 is 11.7 Å². The Labute approximate surface area is 171 Å². The predicted octanol–water partition coefficient (Wildman–Crippen LogP) is 6.46. The Bertz CT molecular complexity index is 1170. The standard InChI is InChI=1S/C23H18F3N3O/c1-2-30-18-12-10-15(11-13-18)21-19-8-3-4-9-20(19)22(29-28-21)27-17-7-5-6-16(14-17)23(24,25)26/h3-14H,2H2,1H3,(H,27,29). The number of benzene rings is 3. The van der Waals surface area contributed by atoms with Crippen LogP contribution in [0, 0.1) is 0 Å². The highest BCUT2D eigenvalue weighted by Crippen LogP contribution is 2.34. The molecule has 0 saturated carbocycles. The highest BCUT2D eigenvalue weighted by Gasteiger charge is 2.30. The highest BCUT2D eigenvalue weighted by atomic mass is 19.4. The van der Waals surface area contributed by atoms with Gasteiger partial charge in [-0.05, 0) is 49.4 Å². The average molecular weight is 409 g/mol. The minimum atomic E-state index is -4.41. The van der Waals surface area contributed by atoms with Crippen molar-refractivity contribution in [3.8, 4) is 17.0 Å². The van der Waals surface area contributed by atoms with Gasteiger partial charge in [-0.2, -0.15) is 13.2 Å². The average Bonchev–Trinajstić information content (AvgIpc) is 2.75. The van der Waals surface area contributed by atoms with Crippen molar-refractivity contribution in [2.45, 2.75) is 13.1 Å². The normalized spacial score (nSPS) is 11.5. The van der Waals surface area contributed by atoms with Crippen molar-refractivity contribution >= 4 is 22.3 Å². The Morgan fingerprint density at radius 3 is 2.30 bits per heavy atom. The second kappa shape index (κ2) is 8.02. The third-order valence-electron chi connectivity index (χ3n) is 4.58. The Morgan fingerprint density at radius 2 is 1.60 bits per heavy atom. The van der Waals surface area contributed by atoms with Crippen LogP contribution in [0.15, 0.2) is 72.8 Å². The van der Waals surface area contributed by atoms with Crippen molar-refractivity contribution < 1.29 is 17.9 Å². The summed E-state index contributed by atoms with van der Waals surface area (Å²) in [5.74, 6) is 1.15. The van der Waals surface area contributed by atoms with Crippen molar-refractivity contribution in [1.29, 1.82) is 0 Å². The molecule has 0 aliphatic heterocycles. The van der Waals surface area contributed by atoms with Gasteiger partial charge in [0.1, 0.15) is 11.4 Å². The van der Waals surface area contributed by atoms with Crippen LogP contribution >= 0.6 is 0 Å². The number of rotatable bonds is 5. The number of nitrogens with one attached hydrogen (secondary N) is 1. The molecule has 4 aromatic rings. The predicted molar refractivity (Wildman–Crippen MR) is 111 cm³/mol. The molecule has 0 unspecified atom stereocenters. The van der Waals surface area contributed by atoms with Crippen molar-refractivity contribution in [3.05, 3.63) is 78.4 Å². The number of nitrogens with zero attached hydrogens (tertiary/aromatic N) is 2. The maximum Gasteiger partial charge on any atom is 0.416 e. The van der Waals surface area contributed by atoms with Crippen LogP contribution < -0.4 is 10.1 Å². The fourth-order valence-corrected chi connectivity index (χ4v) is 3.20. The molecule has 0 fully saturated rings. The Kier molecular flexibility index (Phi) is 5.27. The van der Waals surface area contributed by atoms with Crippen LogP contribution in [-0.2, 0) is 6.18 Å². The van der Waals surface area contributed by atoms with Crippen molar-refractivity contribution in [1.82, 2.24) is 10.2 Å². The molecule has 0 radical (unpaired) electrons. The van der Waals surface area contributed by atoms with Crippen LogP contribution in [-0.4, -0.2) is 16.8 Å². The first-order valence-corrected chi connectivity index (χ1v) is 9.38. The zero-order chi connectivity index (χ0) is 21.1. The molecule has 0 atom stereocenters. The van der Waals surface area contributed by atoms with Gasteiger partial charge in [0.25, 0.3) is 0 Å². The summed E-state index contributed by atoms with van der Waals surface area (Å²) in [6.45, 7) is 2.50. The topological polar surface area (TPSA) is 47.0 Å². The first kappa shape index (κ1) is 19.7. The van der Waals surface area contributed by atoms with Crippen LogP contribution in [0.2, 0.25) is 0 Å². The molecule has 0 saturated heterocycles. The van der Waals surface area contributed by atoms with E-state index in [1.165, 1.54) is 6.07 Å². The van der Waals surface area contributed by atoms with Crippen LogP contribution in [0.3, 0.4) is 0 Å². The van der Waals surface area contributed by atoms with Gasteiger partial charge in [-0.3, -0.25) is 0 Å². The number of ether oxygens (including phenoxy) is 1. The summed E-state index contributed by atoms with van der Waals surface area (Å²) >= 11 is 0.